The molecule has 10 heteroatoms. The Morgan fingerprint density at radius 3 is 2.72 bits per heavy atom. The van der Waals surface area contributed by atoms with Crippen molar-refractivity contribution in [1.82, 2.24) is 34.8 Å². The van der Waals surface area contributed by atoms with Gasteiger partial charge in [-0.2, -0.15) is 0 Å². The van der Waals surface area contributed by atoms with Gasteiger partial charge in [0.15, 0.2) is 11.0 Å². The van der Waals surface area contributed by atoms with E-state index in [1.165, 1.54) is 0 Å². The fourth-order valence-electron chi connectivity index (χ4n) is 2.24. The van der Waals surface area contributed by atoms with Crippen LogP contribution in [0.3, 0.4) is 0 Å². The van der Waals surface area contributed by atoms with Crippen LogP contribution in [0.5, 0.6) is 5.75 Å². The predicted molar refractivity (Wildman–Crippen MR) is 98.5 cm³/mol. The second-order valence-electron chi connectivity index (χ2n) is 5.11. The summed E-state index contributed by atoms with van der Waals surface area (Å²) in [5.41, 5.74) is 0.963. The van der Waals surface area contributed by atoms with Crippen LogP contribution < -0.4 is 10.1 Å². The van der Waals surface area contributed by atoms with Crippen molar-refractivity contribution in [3.05, 3.63) is 42.2 Å². The summed E-state index contributed by atoms with van der Waals surface area (Å²) in [6.45, 7) is 0.620. The number of nitrogens with one attached hydrogen (secondary N) is 1. The summed E-state index contributed by atoms with van der Waals surface area (Å²) in [6, 6.07) is 7.85. The summed E-state index contributed by atoms with van der Waals surface area (Å²) in [6.07, 6.45) is 1.69. The summed E-state index contributed by atoms with van der Waals surface area (Å²) in [4.78, 5) is 0. The predicted octanol–water partition coefficient (Wildman–Crippen LogP) is 1.84. The number of methoxy groups -OCH3 is 1. The molecule has 1 aromatic carbocycles. The van der Waals surface area contributed by atoms with Crippen LogP contribution in [0, 0.1) is 0 Å². The zero-order valence-corrected chi connectivity index (χ0v) is 15.8. The molecule has 0 amide bonds. The van der Waals surface area contributed by atoms with Crippen molar-refractivity contribution in [3.63, 3.8) is 0 Å². The van der Waals surface area contributed by atoms with Crippen LogP contribution in [0.15, 0.2) is 35.7 Å². The van der Waals surface area contributed by atoms with E-state index in [4.69, 9.17) is 4.74 Å². The third-order valence-corrected chi connectivity index (χ3v) is 4.41. The van der Waals surface area contributed by atoms with Gasteiger partial charge in [-0.05, 0) is 19.2 Å². The molecule has 0 fully saturated rings. The Morgan fingerprint density at radius 1 is 1.20 bits per heavy atom. The maximum Gasteiger partial charge on any atom is 0.196 e. The number of halogens is 1. The Bertz CT molecular complexity index is 820. The molecule has 2 aromatic heterocycles. The van der Waals surface area contributed by atoms with Gasteiger partial charge >= 0.3 is 0 Å². The lowest BCUT2D eigenvalue weighted by molar-refractivity contribution is 0.414. The van der Waals surface area contributed by atoms with E-state index in [0.717, 1.165) is 28.2 Å². The molecule has 0 saturated carbocycles. The van der Waals surface area contributed by atoms with E-state index >= 15 is 0 Å². The van der Waals surface area contributed by atoms with E-state index in [1.807, 2.05) is 47.5 Å². The minimum Gasteiger partial charge on any atom is -0.497 e. The third kappa shape index (κ3) is 4.30. The molecule has 25 heavy (non-hydrogen) atoms. The number of aromatic nitrogens is 6. The molecular weight excluding hydrogens is 362 g/mol. The third-order valence-electron chi connectivity index (χ3n) is 3.48. The number of ether oxygens (including phenoxy) is 1. The van der Waals surface area contributed by atoms with Gasteiger partial charge in [-0.3, -0.25) is 4.57 Å². The molecule has 3 rings (SSSR count). The van der Waals surface area contributed by atoms with Gasteiger partial charge < -0.3 is 14.6 Å². The van der Waals surface area contributed by atoms with Gasteiger partial charge in [0, 0.05) is 13.1 Å². The first-order valence-corrected chi connectivity index (χ1v) is 8.40. The SMILES string of the molecule is CNCc1nnc(SCc2nncn2C)n1-c1cccc(OC)c1.Cl. The van der Waals surface area contributed by atoms with Crippen LogP contribution in [-0.2, 0) is 19.3 Å². The smallest absolute Gasteiger partial charge is 0.196 e. The van der Waals surface area contributed by atoms with Gasteiger partial charge in [0.05, 0.1) is 25.1 Å². The topological polar surface area (TPSA) is 82.7 Å². The van der Waals surface area contributed by atoms with E-state index in [1.54, 1.807) is 25.2 Å². The normalized spacial score (nSPS) is 10.5. The lowest BCUT2D eigenvalue weighted by atomic mass is 10.3. The average molecular weight is 382 g/mol. The lowest BCUT2D eigenvalue weighted by Gasteiger charge is -2.11. The second kappa shape index (κ2) is 8.84. The van der Waals surface area contributed by atoms with Crippen molar-refractivity contribution < 1.29 is 4.74 Å². The van der Waals surface area contributed by atoms with Crippen LogP contribution in [0.2, 0.25) is 0 Å². The lowest BCUT2D eigenvalue weighted by Crippen LogP contribution is -2.12. The van der Waals surface area contributed by atoms with E-state index in [9.17, 15) is 0 Å². The molecule has 1 N–H and O–H groups in total. The Morgan fingerprint density at radius 2 is 2.04 bits per heavy atom. The number of hydrogen-bond acceptors (Lipinski definition) is 7. The van der Waals surface area contributed by atoms with Crippen molar-refractivity contribution in [2.45, 2.75) is 17.5 Å². The van der Waals surface area contributed by atoms with Crippen molar-refractivity contribution >= 4 is 24.2 Å². The van der Waals surface area contributed by atoms with Crippen molar-refractivity contribution in [3.8, 4) is 11.4 Å². The number of nitrogens with zero attached hydrogens (tertiary/aromatic N) is 6. The van der Waals surface area contributed by atoms with Crippen LogP contribution in [0.25, 0.3) is 5.69 Å². The summed E-state index contributed by atoms with van der Waals surface area (Å²) < 4.78 is 9.25. The molecule has 134 valence electrons. The molecule has 3 aromatic rings. The molecule has 0 radical (unpaired) electrons. The fourth-order valence-corrected chi connectivity index (χ4v) is 3.20. The van der Waals surface area contributed by atoms with Crippen molar-refractivity contribution in [1.29, 1.82) is 0 Å². The maximum absolute atomic E-state index is 5.33. The highest BCUT2D eigenvalue weighted by molar-refractivity contribution is 7.98. The second-order valence-corrected chi connectivity index (χ2v) is 6.06. The standard InChI is InChI=1S/C15H19N7OS.ClH/c1-16-8-13-19-20-15(24-9-14-18-17-10-21(14)2)22(13)11-5-4-6-12(7-11)23-3;/h4-7,10,16H,8-9H2,1-3H3;1H. The Kier molecular flexibility index (Phi) is 6.80. The van der Waals surface area contributed by atoms with Gasteiger partial charge in [-0.15, -0.1) is 32.8 Å². The molecule has 0 unspecified atom stereocenters. The Labute approximate surface area is 156 Å². The van der Waals surface area contributed by atoms with Crippen LogP contribution in [0.1, 0.15) is 11.6 Å². The van der Waals surface area contributed by atoms with E-state index in [2.05, 4.69) is 25.7 Å². The van der Waals surface area contributed by atoms with Crippen LogP contribution in [0.4, 0.5) is 0 Å². The molecule has 0 aliphatic rings. The number of aryl methyl sites for hydroxylation is 1. The molecule has 0 spiro atoms. The first kappa shape index (κ1) is 19.2. The molecule has 0 aliphatic heterocycles. The van der Waals surface area contributed by atoms with E-state index < -0.39 is 0 Å². The number of benzene rings is 1. The first-order chi connectivity index (χ1) is 11.7. The Hall–Kier alpha value is -2.10. The first-order valence-electron chi connectivity index (χ1n) is 7.42. The molecular formula is C15H20ClN7OS. The van der Waals surface area contributed by atoms with Gasteiger partial charge in [-0.25, -0.2) is 0 Å². The minimum absolute atomic E-state index is 0. The molecule has 0 atom stereocenters. The zero-order valence-electron chi connectivity index (χ0n) is 14.2. The molecule has 2 heterocycles. The summed E-state index contributed by atoms with van der Waals surface area (Å²) in [5.74, 6) is 3.18. The van der Waals surface area contributed by atoms with Crippen LogP contribution in [-0.4, -0.2) is 43.7 Å². The van der Waals surface area contributed by atoms with Gasteiger partial charge in [0.25, 0.3) is 0 Å². The molecule has 0 aliphatic carbocycles. The monoisotopic (exact) mass is 381 g/mol. The zero-order chi connectivity index (χ0) is 16.9. The van der Waals surface area contributed by atoms with Gasteiger partial charge in [-0.1, -0.05) is 17.8 Å². The van der Waals surface area contributed by atoms with E-state index in [0.29, 0.717) is 12.3 Å². The summed E-state index contributed by atoms with van der Waals surface area (Å²) in [5, 5.41) is 20.6. The highest BCUT2D eigenvalue weighted by Crippen LogP contribution is 2.26. The van der Waals surface area contributed by atoms with Gasteiger partial charge in [0.2, 0.25) is 0 Å². The average Bonchev–Trinajstić information content (AvgIpc) is 3.19. The highest BCUT2D eigenvalue weighted by atomic mass is 35.5. The maximum atomic E-state index is 5.33. The molecule has 0 saturated heterocycles. The number of rotatable bonds is 7. The van der Waals surface area contributed by atoms with Crippen molar-refractivity contribution in [2.24, 2.45) is 7.05 Å². The van der Waals surface area contributed by atoms with E-state index in [-0.39, 0.29) is 12.4 Å². The van der Waals surface area contributed by atoms with Gasteiger partial charge in [0.1, 0.15) is 17.9 Å². The van der Waals surface area contributed by atoms with Crippen molar-refractivity contribution in [2.75, 3.05) is 14.2 Å². The van der Waals surface area contributed by atoms with Crippen LogP contribution >= 0.6 is 24.2 Å². The quantitative estimate of drug-likeness (QED) is 0.625. The number of thioether (sulfide) groups is 1. The fraction of sp³-hybridized carbons (Fsp3) is 0.333. The number of hydrogen-bond donors (Lipinski definition) is 1. The summed E-state index contributed by atoms with van der Waals surface area (Å²) >= 11 is 1.57. The largest absolute Gasteiger partial charge is 0.497 e. The molecule has 0 bridgehead atoms. The Balaban J connectivity index is 0.00000225. The highest BCUT2D eigenvalue weighted by Gasteiger charge is 2.15. The summed E-state index contributed by atoms with van der Waals surface area (Å²) in [7, 11) is 5.47. The molecule has 8 nitrogen and oxygen atoms in total. The minimum atomic E-state index is 0.